The standard InChI is InChI=1S/C18H18N2O4/c1-14-5-8-17(9-6-14)24-12-11-19-18(21)10-7-15-3-2-4-16(13-15)20(22)23/h2-10,13H,11-12H2,1H3,(H,19,21). The third-order valence-electron chi connectivity index (χ3n) is 3.20. The van der Waals surface area contributed by atoms with Crippen molar-refractivity contribution in [3.63, 3.8) is 0 Å². The summed E-state index contributed by atoms with van der Waals surface area (Å²) in [6.45, 7) is 2.73. The summed E-state index contributed by atoms with van der Waals surface area (Å²) in [6, 6.07) is 13.7. The van der Waals surface area contributed by atoms with Crippen LogP contribution in [0.4, 0.5) is 5.69 Å². The lowest BCUT2D eigenvalue weighted by atomic mass is 10.2. The first-order valence-corrected chi connectivity index (χ1v) is 7.44. The lowest BCUT2D eigenvalue weighted by Crippen LogP contribution is -2.26. The van der Waals surface area contributed by atoms with E-state index in [2.05, 4.69) is 5.32 Å². The Bertz CT molecular complexity index is 739. The summed E-state index contributed by atoms with van der Waals surface area (Å²) in [7, 11) is 0. The summed E-state index contributed by atoms with van der Waals surface area (Å²) >= 11 is 0. The van der Waals surface area contributed by atoms with E-state index in [0.29, 0.717) is 18.7 Å². The third kappa shape index (κ3) is 5.57. The van der Waals surface area contributed by atoms with Gasteiger partial charge in [0.25, 0.3) is 5.69 Å². The van der Waals surface area contributed by atoms with Crippen molar-refractivity contribution >= 4 is 17.7 Å². The van der Waals surface area contributed by atoms with Gasteiger partial charge in [-0.3, -0.25) is 14.9 Å². The molecule has 0 aliphatic heterocycles. The number of hydrogen-bond donors (Lipinski definition) is 1. The fraction of sp³-hybridized carbons (Fsp3) is 0.167. The van der Waals surface area contributed by atoms with E-state index in [9.17, 15) is 14.9 Å². The second-order valence-electron chi connectivity index (χ2n) is 5.14. The molecule has 0 aliphatic carbocycles. The summed E-state index contributed by atoms with van der Waals surface area (Å²) in [5.74, 6) is 0.469. The number of non-ortho nitro benzene ring substituents is 1. The van der Waals surface area contributed by atoms with Crippen LogP contribution in [-0.2, 0) is 4.79 Å². The van der Waals surface area contributed by atoms with Gasteiger partial charge in [0.05, 0.1) is 11.5 Å². The number of aryl methyl sites for hydroxylation is 1. The first-order chi connectivity index (χ1) is 11.5. The number of nitrogens with one attached hydrogen (secondary N) is 1. The summed E-state index contributed by atoms with van der Waals surface area (Å²) in [5.41, 5.74) is 1.74. The van der Waals surface area contributed by atoms with Gasteiger partial charge in [0.2, 0.25) is 5.91 Å². The Hall–Kier alpha value is -3.15. The molecule has 0 unspecified atom stereocenters. The molecule has 1 N–H and O–H groups in total. The summed E-state index contributed by atoms with van der Waals surface area (Å²) in [5, 5.41) is 13.4. The zero-order valence-electron chi connectivity index (χ0n) is 13.3. The largest absolute Gasteiger partial charge is 0.492 e. The number of hydrogen-bond acceptors (Lipinski definition) is 4. The molecule has 0 aliphatic rings. The second kappa shape index (κ2) is 8.47. The van der Waals surface area contributed by atoms with Crippen molar-refractivity contribution in [2.45, 2.75) is 6.92 Å². The maximum absolute atomic E-state index is 11.7. The molecule has 6 heteroatoms. The number of carbonyl (C=O) groups is 1. The fourth-order valence-corrected chi connectivity index (χ4v) is 1.95. The van der Waals surface area contributed by atoms with Crippen LogP contribution in [0.2, 0.25) is 0 Å². The predicted molar refractivity (Wildman–Crippen MR) is 91.8 cm³/mol. The van der Waals surface area contributed by atoms with Crippen molar-refractivity contribution < 1.29 is 14.5 Å². The molecule has 0 aromatic heterocycles. The zero-order chi connectivity index (χ0) is 17.4. The van der Waals surface area contributed by atoms with Crippen LogP contribution in [0, 0.1) is 17.0 Å². The van der Waals surface area contributed by atoms with Gasteiger partial charge in [0, 0.05) is 18.2 Å². The van der Waals surface area contributed by atoms with Crippen LogP contribution in [0.5, 0.6) is 5.75 Å². The molecule has 6 nitrogen and oxygen atoms in total. The molecule has 0 fully saturated rings. The van der Waals surface area contributed by atoms with Crippen LogP contribution in [0.15, 0.2) is 54.6 Å². The highest BCUT2D eigenvalue weighted by atomic mass is 16.6. The van der Waals surface area contributed by atoms with Crippen LogP contribution in [0.25, 0.3) is 6.08 Å². The normalized spacial score (nSPS) is 10.5. The van der Waals surface area contributed by atoms with E-state index >= 15 is 0 Å². The third-order valence-corrected chi connectivity index (χ3v) is 3.20. The number of nitro groups is 1. The van der Waals surface area contributed by atoms with Gasteiger partial charge in [-0.25, -0.2) is 0 Å². The van der Waals surface area contributed by atoms with Crippen molar-refractivity contribution in [1.29, 1.82) is 0 Å². The average Bonchev–Trinajstić information content (AvgIpc) is 2.58. The van der Waals surface area contributed by atoms with E-state index in [-0.39, 0.29) is 11.6 Å². The number of benzene rings is 2. The topological polar surface area (TPSA) is 81.5 Å². The van der Waals surface area contributed by atoms with Gasteiger partial charge < -0.3 is 10.1 Å². The number of carbonyl (C=O) groups excluding carboxylic acids is 1. The Kier molecular flexibility index (Phi) is 6.08. The maximum atomic E-state index is 11.7. The molecule has 24 heavy (non-hydrogen) atoms. The molecular weight excluding hydrogens is 308 g/mol. The van der Waals surface area contributed by atoms with Gasteiger partial charge in [0.1, 0.15) is 12.4 Å². The van der Waals surface area contributed by atoms with Crippen LogP contribution < -0.4 is 10.1 Å². The van der Waals surface area contributed by atoms with Gasteiger partial charge in [-0.15, -0.1) is 0 Å². The minimum absolute atomic E-state index is 0.0101. The van der Waals surface area contributed by atoms with Gasteiger partial charge >= 0.3 is 0 Å². The molecule has 1 amide bonds. The molecule has 0 atom stereocenters. The van der Waals surface area contributed by atoms with E-state index in [4.69, 9.17) is 4.74 Å². The highest BCUT2D eigenvalue weighted by Crippen LogP contribution is 2.14. The van der Waals surface area contributed by atoms with E-state index in [1.165, 1.54) is 24.3 Å². The van der Waals surface area contributed by atoms with E-state index < -0.39 is 4.92 Å². The Balaban J connectivity index is 1.75. The van der Waals surface area contributed by atoms with Gasteiger partial charge in [0.15, 0.2) is 0 Å². The minimum atomic E-state index is -0.472. The molecule has 0 spiro atoms. The number of ether oxygens (including phenoxy) is 1. The Morgan fingerprint density at radius 3 is 2.71 bits per heavy atom. The number of nitrogens with zero attached hydrogens (tertiary/aromatic N) is 1. The van der Waals surface area contributed by atoms with Crippen LogP contribution >= 0.6 is 0 Å². The molecule has 2 rings (SSSR count). The quantitative estimate of drug-likeness (QED) is 0.367. The van der Waals surface area contributed by atoms with Crippen molar-refractivity contribution in [2.24, 2.45) is 0 Å². The van der Waals surface area contributed by atoms with Crippen molar-refractivity contribution in [3.8, 4) is 5.75 Å². The summed E-state index contributed by atoms with van der Waals surface area (Å²) in [4.78, 5) is 21.9. The highest BCUT2D eigenvalue weighted by molar-refractivity contribution is 5.91. The first kappa shape index (κ1) is 17.2. The monoisotopic (exact) mass is 326 g/mol. The second-order valence-corrected chi connectivity index (χ2v) is 5.14. The number of rotatable bonds is 7. The zero-order valence-corrected chi connectivity index (χ0v) is 13.3. The van der Waals surface area contributed by atoms with Crippen molar-refractivity contribution in [2.75, 3.05) is 13.2 Å². The minimum Gasteiger partial charge on any atom is -0.492 e. The predicted octanol–water partition coefficient (Wildman–Crippen LogP) is 3.11. The Morgan fingerprint density at radius 1 is 1.25 bits per heavy atom. The van der Waals surface area contributed by atoms with E-state index in [1.807, 2.05) is 31.2 Å². The molecule has 0 saturated carbocycles. The van der Waals surface area contributed by atoms with Crippen LogP contribution in [0.1, 0.15) is 11.1 Å². The lowest BCUT2D eigenvalue weighted by Gasteiger charge is -2.06. The fourth-order valence-electron chi connectivity index (χ4n) is 1.95. The van der Waals surface area contributed by atoms with Crippen LogP contribution in [-0.4, -0.2) is 24.0 Å². The van der Waals surface area contributed by atoms with E-state index in [1.54, 1.807) is 12.1 Å². The average molecular weight is 326 g/mol. The van der Waals surface area contributed by atoms with Gasteiger partial charge in [-0.05, 0) is 30.7 Å². The molecule has 0 radical (unpaired) electrons. The highest BCUT2D eigenvalue weighted by Gasteiger charge is 2.04. The van der Waals surface area contributed by atoms with E-state index in [0.717, 1.165) is 11.3 Å². The SMILES string of the molecule is Cc1ccc(OCCNC(=O)C=Cc2cccc([N+](=O)[O-])c2)cc1. The number of amides is 1. The number of nitro benzene ring substituents is 1. The molecule has 124 valence electrons. The smallest absolute Gasteiger partial charge is 0.270 e. The first-order valence-electron chi connectivity index (χ1n) is 7.44. The van der Waals surface area contributed by atoms with Crippen molar-refractivity contribution in [3.05, 3.63) is 75.8 Å². The molecule has 2 aromatic rings. The van der Waals surface area contributed by atoms with Crippen LogP contribution in [0.3, 0.4) is 0 Å². The molecule has 0 saturated heterocycles. The lowest BCUT2D eigenvalue weighted by molar-refractivity contribution is -0.384. The summed E-state index contributed by atoms with van der Waals surface area (Å²) < 4.78 is 5.50. The summed E-state index contributed by atoms with van der Waals surface area (Å²) in [6.07, 6.45) is 2.87. The van der Waals surface area contributed by atoms with Gasteiger partial charge in [-0.2, -0.15) is 0 Å². The maximum Gasteiger partial charge on any atom is 0.270 e. The van der Waals surface area contributed by atoms with Gasteiger partial charge in [-0.1, -0.05) is 29.8 Å². The molecule has 0 bridgehead atoms. The van der Waals surface area contributed by atoms with Crippen molar-refractivity contribution in [1.82, 2.24) is 5.32 Å². The molecule has 2 aromatic carbocycles. The molecular formula is C18H18N2O4. The molecule has 0 heterocycles. The Morgan fingerprint density at radius 2 is 2.00 bits per heavy atom. The Labute approximate surface area is 139 Å².